The van der Waals surface area contributed by atoms with Crippen molar-refractivity contribution in [3.8, 4) is 0 Å². The van der Waals surface area contributed by atoms with Gasteiger partial charge in [-0.2, -0.15) is 10.2 Å². The van der Waals surface area contributed by atoms with Crippen LogP contribution in [0, 0.1) is 20.2 Å². The molecule has 0 heterocycles. The third-order valence-corrected chi connectivity index (χ3v) is 2.69. The molecule has 22 heavy (non-hydrogen) atoms. The quantitative estimate of drug-likeness (QED) is 0.480. The molecule has 0 N–H and O–H groups in total. The Bertz CT molecular complexity index is 671. The summed E-state index contributed by atoms with van der Waals surface area (Å²) < 4.78 is 0. The van der Waals surface area contributed by atoms with Gasteiger partial charge in [0.25, 0.3) is 11.4 Å². The first-order chi connectivity index (χ1) is 10.6. The Labute approximate surface area is 124 Å². The maximum Gasteiger partial charge on any atom is 0.269 e. The zero-order chi connectivity index (χ0) is 15.9. The van der Waals surface area contributed by atoms with Crippen molar-refractivity contribution in [2.24, 2.45) is 10.2 Å². The first-order valence-corrected chi connectivity index (χ1v) is 6.11. The average Bonchev–Trinajstić information content (AvgIpc) is 2.52. The number of nitro groups is 2. The average molecular weight is 298 g/mol. The molecule has 0 aliphatic heterocycles. The second-order valence-electron chi connectivity index (χ2n) is 4.19. The van der Waals surface area contributed by atoms with Crippen LogP contribution in [-0.2, 0) is 0 Å². The fraction of sp³-hybridized carbons (Fsp3) is 0. The van der Waals surface area contributed by atoms with Crippen LogP contribution in [0.3, 0.4) is 0 Å². The van der Waals surface area contributed by atoms with Crippen molar-refractivity contribution in [3.05, 3.63) is 79.9 Å². The second-order valence-corrected chi connectivity index (χ2v) is 4.19. The normalized spacial score (nSPS) is 11.1. The summed E-state index contributed by atoms with van der Waals surface area (Å²) in [5.74, 6) is 0. The molecule has 0 fully saturated rings. The van der Waals surface area contributed by atoms with Crippen LogP contribution in [0.5, 0.6) is 0 Å². The van der Waals surface area contributed by atoms with E-state index in [-0.39, 0.29) is 11.4 Å². The summed E-state index contributed by atoms with van der Waals surface area (Å²) in [6.45, 7) is 0. The molecule has 0 saturated heterocycles. The largest absolute Gasteiger partial charge is 0.269 e. The molecule has 2 aromatic rings. The minimum Gasteiger partial charge on any atom is -0.258 e. The van der Waals surface area contributed by atoms with E-state index in [0.29, 0.717) is 11.1 Å². The molecular formula is C14H10N4O4. The zero-order valence-corrected chi connectivity index (χ0v) is 11.2. The van der Waals surface area contributed by atoms with Crippen LogP contribution in [0.15, 0.2) is 58.7 Å². The Morgan fingerprint density at radius 3 is 1.27 bits per heavy atom. The highest BCUT2D eigenvalue weighted by molar-refractivity contribution is 5.83. The van der Waals surface area contributed by atoms with Gasteiger partial charge in [-0.25, -0.2) is 0 Å². The summed E-state index contributed by atoms with van der Waals surface area (Å²) in [5, 5.41) is 28.6. The topological polar surface area (TPSA) is 111 Å². The molecule has 0 atom stereocenters. The van der Waals surface area contributed by atoms with Gasteiger partial charge in [-0.1, -0.05) is 0 Å². The van der Waals surface area contributed by atoms with Gasteiger partial charge in [0.05, 0.1) is 22.3 Å². The lowest BCUT2D eigenvalue weighted by atomic mass is 10.2. The van der Waals surface area contributed by atoms with E-state index >= 15 is 0 Å². The minimum absolute atomic E-state index is 0.00605. The molecular weight excluding hydrogens is 288 g/mol. The molecule has 0 amide bonds. The van der Waals surface area contributed by atoms with Gasteiger partial charge in [0, 0.05) is 24.3 Å². The van der Waals surface area contributed by atoms with Crippen molar-refractivity contribution in [3.63, 3.8) is 0 Å². The molecule has 0 spiro atoms. The number of rotatable bonds is 5. The highest BCUT2D eigenvalue weighted by Gasteiger charge is 2.03. The van der Waals surface area contributed by atoms with Crippen LogP contribution >= 0.6 is 0 Å². The van der Waals surface area contributed by atoms with Crippen LogP contribution in [-0.4, -0.2) is 22.3 Å². The van der Waals surface area contributed by atoms with Gasteiger partial charge >= 0.3 is 0 Å². The molecule has 0 radical (unpaired) electrons. The van der Waals surface area contributed by atoms with Gasteiger partial charge in [0.2, 0.25) is 0 Å². The van der Waals surface area contributed by atoms with Gasteiger partial charge in [0.15, 0.2) is 0 Å². The molecule has 0 unspecified atom stereocenters. The van der Waals surface area contributed by atoms with Crippen LogP contribution in [0.2, 0.25) is 0 Å². The number of benzene rings is 2. The fourth-order valence-electron chi connectivity index (χ4n) is 1.56. The number of non-ortho nitro benzene ring substituents is 2. The Morgan fingerprint density at radius 2 is 1.00 bits per heavy atom. The van der Waals surface area contributed by atoms with Crippen molar-refractivity contribution in [1.82, 2.24) is 0 Å². The van der Waals surface area contributed by atoms with E-state index in [2.05, 4.69) is 10.2 Å². The van der Waals surface area contributed by atoms with Crippen molar-refractivity contribution < 1.29 is 9.85 Å². The summed E-state index contributed by atoms with van der Waals surface area (Å²) in [6.07, 6.45) is 2.90. The summed E-state index contributed by atoms with van der Waals surface area (Å²) in [5.41, 5.74) is 1.36. The molecule has 0 aromatic heterocycles. The summed E-state index contributed by atoms with van der Waals surface area (Å²) >= 11 is 0. The number of nitrogens with zero attached hydrogens (tertiary/aromatic N) is 4. The van der Waals surface area contributed by atoms with Crippen molar-refractivity contribution in [1.29, 1.82) is 0 Å². The van der Waals surface area contributed by atoms with Gasteiger partial charge in [-0.05, 0) is 35.4 Å². The van der Waals surface area contributed by atoms with E-state index in [0.717, 1.165) is 0 Å². The predicted molar refractivity (Wildman–Crippen MR) is 81.4 cm³/mol. The van der Waals surface area contributed by atoms with E-state index in [1.54, 1.807) is 24.3 Å². The standard InChI is InChI=1S/C14H10N4O4/c19-17(20)13-5-1-11(2-6-13)9-15-16-10-12-3-7-14(8-4-12)18(21)22/h1-10H/b15-9-,16-10?. The van der Waals surface area contributed by atoms with Gasteiger partial charge in [0.1, 0.15) is 0 Å². The molecule has 2 aromatic carbocycles. The molecule has 0 aliphatic carbocycles. The first kappa shape index (κ1) is 15.0. The second kappa shape index (κ2) is 6.84. The SMILES string of the molecule is O=[N+]([O-])c1ccc(C=N/N=C\c2ccc([N+](=O)[O-])cc2)cc1. The van der Waals surface area contributed by atoms with E-state index in [1.165, 1.54) is 36.7 Å². The summed E-state index contributed by atoms with van der Waals surface area (Å²) in [7, 11) is 0. The molecule has 110 valence electrons. The Hall–Kier alpha value is -3.42. The lowest BCUT2D eigenvalue weighted by molar-refractivity contribution is -0.385. The molecule has 0 aliphatic rings. The lowest BCUT2D eigenvalue weighted by Crippen LogP contribution is -1.88. The molecule has 8 nitrogen and oxygen atoms in total. The highest BCUT2D eigenvalue weighted by atomic mass is 16.6. The van der Waals surface area contributed by atoms with E-state index in [4.69, 9.17) is 0 Å². The van der Waals surface area contributed by atoms with E-state index in [1.807, 2.05) is 0 Å². The monoisotopic (exact) mass is 298 g/mol. The number of nitro benzene ring substituents is 2. The van der Waals surface area contributed by atoms with Gasteiger partial charge in [-0.15, -0.1) is 0 Å². The van der Waals surface area contributed by atoms with Crippen LogP contribution in [0.4, 0.5) is 11.4 Å². The molecule has 2 rings (SSSR count). The third-order valence-electron chi connectivity index (χ3n) is 2.69. The van der Waals surface area contributed by atoms with Crippen molar-refractivity contribution in [2.75, 3.05) is 0 Å². The Balaban J connectivity index is 1.99. The van der Waals surface area contributed by atoms with Gasteiger partial charge < -0.3 is 0 Å². The fourth-order valence-corrected chi connectivity index (χ4v) is 1.56. The van der Waals surface area contributed by atoms with Crippen molar-refractivity contribution in [2.45, 2.75) is 0 Å². The van der Waals surface area contributed by atoms with Crippen LogP contribution in [0.1, 0.15) is 11.1 Å². The van der Waals surface area contributed by atoms with E-state index < -0.39 is 9.85 Å². The van der Waals surface area contributed by atoms with Gasteiger partial charge in [-0.3, -0.25) is 20.2 Å². The molecule has 0 bridgehead atoms. The van der Waals surface area contributed by atoms with Crippen molar-refractivity contribution >= 4 is 23.8 Å². The van der Waals surface area contributed by atoms with Crippen LogP contribution in [0.25, 0.3) is 0 Å². The first-order valence-electron chi connectivity index (χ1n) is 6.11. The lowest BCUT2D eigenvalue weighted by Gasteiger charge is -1.93. The minimum atomic E-state index is -0.479. The maximum atomic E-state index is 10.5. The van der Waals surface area contributed by atoms with Crippen LogP contribution < -0.4 is 0 Å². The summed E-state index contributed by atoms with van der Waals surface area (Å²) in [4.78, 5) is 20.0. The third kappa shape index (κ3) is 4.04. The highest BCUT2D eigenvalue weighted by Crippen LogP contribution is 2.11. The smallest absolute Gasteiger partial charge is 0.258 e. The summed E-state index contributed by atoms with van der Waals surface area (Å²) in [6, 6.07) is 11.7. The number of hydrogen-bond acceptors (Lipinski definition) is 6. The maximum absolute atomic E-state index is 10.5. The predicted octanol–water partition coefficient (Wildman–Crippen LogP) is 2.96. The Kier molecular flexibility index (Phi) is 4.66. The Morgan fingerprint density at radius 1 is 0.682 bits per heavy atom. The van der Waals surface area contributed by atoms with E-state index in [9.17, 15) is 20.2 Å². The molecule has 8 heteroatoms. The molecule has 0 saturated carbocycles. The number of hydrogen-bond donors (Lipinski definition) is 0. The zero-order valence-electron chi connectivity index (χ0n) is 11.2.